The molecule has 0 unspecified atom stereocenters. The van der Waals surface area contributed by atoms with Crippen LogP contribution in [-0.4, -0.2) is 50.1 Å². The van der Waals surface area contributed by atoms with E-state index in [9.17, 15) is 14.4 Å². The van der Waals surface area contributed by atoms with Crippen LogP contribution in [0.1, 0.15) is 18.1 Å². The maximum Gasteiger partial charge on any atom is 0.340 e. The van der Waals surface area contributed by atoms with Gasteiger partial charge in [0.15, 0.2) is 6.61 Å². The molecule has 0 spiro atoms. The summed E-state index contributed by atoms with van der Waals surface area (Å²) in [5.41, 5.74) is 3.54. The normalized spacial score (nSPS) is 14.0. The Hall–Kier alpha value is -4.85. The number of esters is 1. The van der Waals surface area contributed by atoms with Gasteiger partial charge in [-0.2, -0.15) is 0 Å². The Labute approximate surface area is 227 Å². The lowest BCUT2D eigenvalue weighted by Crippen LogP contribution is -2.27. The van der Waals surface area contributed by atoms with Gasteiger partial charge in [-0.3, -0.25) is 9.59 Å². The molecule has 3 aromatic carbocycles. The molecule has 1 N–H and O–H groups in total. The highest BCUT2D eigenvalue weighted by atomic mass is 16.5. The van der Waals surface area contributed by atoms with Crippen LogP contribution in [0, 0.1) is 0 Å². The number of hydrogen-bond donors (Lipinski definition) is 1. The summed E-state index contributed by atoms with van der Waals surface area (Å²) in [4.78, 5) is 39.8. The molecular formula is C31H30N2O6. The minimum Gasteiger partial charge on any atom is -0.497 e. The third-order valence-electron chi connectivity index (χ3n) is 6.30. The number of ether oxygens (including phenoxy) is 3. The minimum atomic E-state index is -0.558. The Balaban J connectivity index is 1.42. The largest absolute Gasteiger partial charge is 0.497 e. The van der Waals surface area contributed by atoms with Crippen LogP contribution in [0.15, 0.2) is 95.7 Å². The zero-order valence-corrected chi connectivity index (χ0v) is 22.1. The number of amides is 2. The molecule has 0 fully saturated rings. The average Bonchev–Trinajstić information content (AvgIpc) is 3.20. The molecule has 8 nitrogen and oxygen atoms in total. The van der Waals surface area contributed by atoms with E-state index in [4.69, 9.17) is 14.2 Å². The van der Waals surface area contributed by atoms with Gasteiger partial charge in [0.25, 0.3) is 11.8 Å². The number of nitrogens with one attached hydrogen (secondary N) is 1. The third kappa shape index (κ3) is 6.73. The Morgan fingerprint density at radius 1 is 0.897 bits per heavy atom. The fourth-order valence-corrected chi connectivity index (χ4v) is 4.23. The van der Waals surface area contributed by atoms with Crippen LogP contribution in [-0.2, 0) is 25.5 Å². The molecule has 8 heteroatoms. The molecular weight excluding hydrogens is 496 g/mol. The zero-order chi connectivity index (χ0) is 27.8. The number of carbonyl (C=O) groups excluding carboxylic acids is 3. The van der Waals surface area contributed by atoms with Crippen LogP contribution in [0.4, 0.5) is 5.69 Å². The van der Waals surface area contributed by atoms with Gasteiger partial charge in [-0.1, -0.05) is 42.5 Å². The molecule has 0 aromatic heterocycles. The molecule has 1 aliphatic rings. The van der Waals surface area contributed by atoms with Crippen molar-refractivity contribution in [3.63, 3.8) is 0 Å². The molecule has 2 amide bonds. The first-order chi connectivity index (χ1) is 18.9. The first-order valence-electron chi connectivity index (χ1n) is 12.4. The second-order valence-electron chi connectivity index (χ2n) is 8.84. The fraction of sp³-hybridized carbons (Fsp3) is 0.194. The predicted octanol–water partition coefficient (Wildman–Crippen LogP) is 4.63. The van der Waals surface area contributed by atoms with Crippen LogP contribution < -0.4 is 14.8 Å². The van der Waals surface area contributed by atoms with Crippen LogP contribution in [0.3, 0.4) is 0 Å². The van der Waals surface area contributed by atoms with E-state index < -0.39 is 5.97 Å². The quantitative estimate of drug-likeness (QED) is 0.306. The Morgan fingerprint density at radius 3 is 2.21 bits per heavy atom. The molecule has 1 aliphatic heterocycles. The van der Waals surface area contributed by atoms with Gasteiger partial charge >= 0.3 is 5.97 Å². The van der Waals surface area contributed by atoms with Crippen molar-refractivity contribution in [3.8, 4) is 11.5 Å². The zero-order valence-electron chi connectivity index (χ0n) is 22.1. The minimum absolute atomic E-state index is 0.171. The van der Waals surface area contributed by atoms with E-state index in [2.05, 4.69) is 5.32 Å². The third-order valence-corrected chi connectivity index (χ3v) is 6.30. The molecule has 0 saturated carbocycles. The number of benzene rings is 3. The number of nitrogens with zero attached hydrogens (tertiary/aromatic N) is 1. The van der Waals surface area contributed by atoms with Gasteiger partial charge in [0.05, 0.1) is 25.4 Å². The molecule has 39 heavy (non-hydrogen) atoms. The Morgan fingerprint density at radius 2 is 1.56 bits per heavy atom. The molecule has 3 aromatic rings. The topological polar surface area (TPSA) is 94.2 Å². The lowest BCUT2D eigenvalue weighted by Gasteiger charge is -2.17. The lowest BCUT2D eigenvalue weighted by molar-refractivity contribution is -0.136. The van der Waals surface area contributed by atoms with Crippen molar-refractivity contribution >= 4 is 29.5 Å². The highest BCUT2D eigenvalue weighted by Crippen LogP contribution is 2.32. The highest BCUT2D eigenvalue weighted by Gasteiger charge is 2.36. The number of hydrogen-bond acceptors (Lipinski definition) is 6. The van der Waals surface area contributed by atoms with Gasteiger partial charge in [-0.25, -0.2) is 4.79 Å². The van der Waals surface area contributed by atoms with Crippen molar-refractivity contribution < 1.29 is 28.6 Å². The SMILES string of the molecule is COC(=O)C1=C(C)N(CCc2ccccc2)C(=O)/C1=C\c1ccc(OCC(=O)Nc2ccc(OC)cc2)cc1. The van der Waals surface area contributed by atoms with Gasteiger partial charge in [-0.05, 0) is 66.9 Å². The summed E-state index contributed by atoms with van der Waals surface area (Å²) >= 11 is 0. The van der Waals surface area contributed by atoms with E-state index in [-0.39, 0.29) is 29.6 Å². The Kier molecular flexibility index (Phi) is 8.78. The number of rotatable bonds is 10. The lowest BCUT2D eigenvalue weighted by atomic mass is 10.0. The highest BCUT2D eigenvalue weighted by molar-refractivity contribution is 6.16. The van der Waals surface area contributed by atoms with Crippen LogP contribution in [0.5, 0.6) is 11.5 Å². The summed E-state index contributed by atoms with van der Waals surface area (Å²) in [5.74, 6) is 0.0744. The van der Waals surface area contributed by atoms with Crippen molar-refractivity contribution in [2.45, 2.75) is 13.3 Å². The molecule has 0 radical (unpaired) electrons. The summed E-state index contributed by atoms with van der Waals surface area (Å²) in [6.07, 6.45) is 2.32. The van der Waals surface area contributed by atoms with Crippen molar-refractivity contribution in [3.05, 3.63) is 107 Å². The Bertz CT molecular complexity index is 1390. The first-order valence-corrected chi connectivity index (χ1v) is 12.4. The molecule has 200 valence electrons. The fourth-order valence-electron chi connectivity index (χ4n) is 4.23. The van der Waals surface area contributed by atoms with Gasteiger partial charge in [-0.15, -0.1) is 0 Å². The van der Waals surface area contributed by atoms with E-state index in [0.717, 1.165) is 5.56 Å². The van der Waals surface area contributed by atoms with Gasteiger partial charge in [0.1, 0.15) is 11.5 Å². The van der Waals surface area contributed by atoms with Crippen LogP contribution in [0.2, 0.25) is 0 Å². The van der Waals surface area contributed by atoms with Crippen molar-refractivity contribution in [1.29, 1.82) is 0 Å². The first kappa shape index (κ1) is 27.2. The summed E-state index contributed by atoms with van der Waals surface area (Å²) in [5, 5.41) is 2.76. The summed E-state index contributed by atoms with van der Waals surface area (Å²) in [6.45, 7) is 2.03. The second kappa shape index (κ2) is 12.6. The maximum atomic E-state index is 13.3. The average molecular weight is 527 g/mol. The molecule has 0 saturated heterocycles. The van der Waals surface area contributed by atoms with Gasteiger partial charge < -0.3 is 24.4 Å². The molecule has 0 aliphatic carbocycles. The smallest absolute Gasteiger partial charge is 0.340 e. The standard InChI is InChI=1S/C31H30N2O6/c1-21-29(31(36)38-3)27(30(35)33(21)18-17-22-7-5-4-6-8-22)19-23-9-13-26(14-10-23)39-20-28(34)32-24-11-15-25(37-2)16-12-24/h4-16,19H,17-18,20H2,1-3H3,(H,32,34)/b27-19-. The summed E-state index contributed by atoms with van der Waals surface area (Å²) in [6, 6.07) is 23.8. The molecule has 1 heterocycles. The van der Waals surface area contributed by atoms with Crippen LogP contribution >= 0.6 is 0 Å². The van der Waals surface area contributed by atoms with Crippen molar-refractivity contribution in [2.75, 3.05) is 32.7 Å². The number of carbonyl (C=O) groups is 3. The number of allylic oxidation sites excluding steroid dienone is 1. The summed E-state index contributed by atoms with van der Waals surface area (Å²) in [7, 11) is 2.88. The predicted molar refractivity (Wildman–Crippen MR) is 148 cm³/mol. The molecule has 4 rings (SSSR count). The van der Waals surface area contributed by atoms with E-state index >= 15 is 0 Å². The summed E-state index contributed by atoms with van der Waals surface area (Å²) < 4.78 is 15.7. The maximum absolute atomic E-state index is 13.3. The van der Waals surface area contributed by atoms with E-state index in [1.807, 2.05) is 30.3 Å². The van der Waals surface area contributed by atoms with Gasteiger partial charge in [0.2, 0.25) is 0 Å². The molecule has 0 bridgehead atoms. The number of anilines is 1. The van der Waals surface area contributed by atoms with Crippen molar-refractivity contribution in [1.82, 2.24) is 4.90 Å². The monoisotopic (exact) mass is 526 g/mol. The van der Waals surface area contributed by atoms with E-state index in [1.54, 1.807) is 73.5 Å². The number of methoxy groups -OCH3 is 2. The van der Waals surface area contributed by atoms with E-state index in [1.165, 1.54) is 7.11 Å². The molecule has 0 atom stereocenters. The van der Waals surface area contributed by atoms with Crippen LogP contribution in [0.25, 0.3) is 6.08 Å². The van der Waals surface area contributed by atoms with E-state index in [0.29, 0.717) is 41.4 Å². The van der Waals surface area contributed by atoms with Gasteiger partial charge in [0, 0.05) is 17.9 Å². The second-order valence-corrected chi connectivity index (χ2v) is 8.84. The van der Waals surface area contributed by atoms with Crippen molar-refractivity contribution in [2.24, 2.45) is 0 Å².